The van der Waals surface area contributed by atoms with Crippen molar-refractivity contribution in [2.24, 2.45) is 23.1 Å². The van der Waals surface area contributed by atoms with E-state index < -0.39 is 53.8 Å². The fraction of sp³-hybridized carbons (Fsp3) is 0.387. The maximum absolute atomic E-state index is 13.9. The second kappa shape index (κ2) is 19.2. The van der Waals surface area contributed by atoms with E-state index in [2.05, 4.69) is 10.6 Å². The number of rotatable bonds is 15. The van der Waals surface area contributed by atoms with Gasteiger partial charge in [-0.25, -0.2) is 4.79 Å². The number of benzene rings is 2. The lowest BCUT2D eigenvalue weighted by molar-refractivity contribution is -0.192. The van der Waals surface area contributed by atoms with Crippen molar-refractivity contribution < 1.29 is 42.3 Å². The van der Waals surface area contributed by atoms with Gasteiger partial charge in [-0.2, -0.15) is 13.2 Å². The van der Waals surface area contributed by atoms with Crippen molar-refractivity contribution in [3.05, 3.63) is 71.3 Å². The Balaban J connectivity index is 0.00000154. The van der Waals surface area contributed by atoms with Gasteiger partial charge in [0.05, 0.1) is 0 Å². The molecule has 0 aromatic heterocycles. The molecule has 0 aliphatic carbocycles. The van der Waals surface area contributed by atoms with E-state index in [0.29, 0.717) is 24.1 Å². The molecular formula is C31H42F3N9O6. The number of carbonyl (C=O) groups excluding carboxylic acids is 4. The largest absolute Gasteiger partial charge is 0.490 e. The van der Waals surface area contributed by atoms with Crippen molar-refractivity contribution in [2.45, 2.75) is 43.9 Å². The molecule has 0 radical (unpaired) electrons. The number of hydrogen-bond donors (Lipinski definition) is 8. The maximum atomic E-state index is 13.9. The molecule has 0 aliphatic heterocycles. The molecule has 268 valence electrons. The summed E-state index contributed by atoms with van der Waals surface area (Å²) < 4.78 is 31.7. The molecule has 0 bridgehead atoms. The average molecular weight is 694 g/mol. The molecule has 15 nitrogen and oxygen atoms in total. The van der Waals surface area contributed by atoms with E-state index >= 15 is 0 Å². The molecule has 0 aliphatic rings. The third-order valence-corrected chi connectivity index (χ3v) is 7.02. The zero-order valence-electron chi connectivity index (χ0n) is 27.2. The number of hydrogen-bond acceptors (Lipinski definition) is 7. The number of alkyl halides is 3. The molecule has 11 N–H and O–H groups in total. The SMILES string of the molecule is CN(C)C(=O)C(Cc1ccc(C(=N)N)cc1)C(=O)N(C)C(Cc1ccccc1)C(=O)N[C@@H](CCCNC(=N)N)C(N)=O.O=C(O)C(F)(F)F. The summed E-state index contributed by atoms with van der Waals surface area (Å²) in [6.07, 6.45) is -4.31. The van der Waals surface area contributed by atoms with Crippen LogP contribution in [0, 0.1) is 16.7 Å². The van der Waals surface area contributed by atoms with Crippen LogP contribution < -0.4 is 27.8 Å². The van der Waals surface area contributed by atoms with Crippen molar-refractivity contribution in [1.82, 2.24) is 20.4 Å². The Morgan fingerprint density at radius 3 is 1.84 bits per heavy atom. The van der Waals surface area contributed by atoms with Crippen molar-refractivity contribution in [3.8, 4) is 0 Å². The molecule has 0 heterocycles. The van der Waals surface area contributed by atoms with E-state index in [9.17, 15) is 32.3 Å². The van der Waals surface area contributed by atoms with Crippen LogP contribution in [0.15, 0.2) is 54.6 Å². The normalized spacial score (nSPS) is 12.5. The number of likely N-dealkylation sites (N-methyl/N-ethyl adjacent to an activating group) is 1. The molecule has 2 unspecified atom stereocenters. The molecule has 49 heavy (non-hydrogen) atoms. The highest BCUT2D eigenvalue weighted by Gasteiger charge is 2.38. The van der Waals surface area contributed by atoms with Gasteiger partial charge in [-0.15, -0.1) is 0 Å². The number of carbonyl (C=O) groups is 5. The smallest absolute Gasteiger partial charge is 0.475 e. The molecule has 4 amide bonds. The first kappa shape index (κ1) is 41.3. The van der Waals surface area contributed by atoms with E-state index in [1.165, 1.54) is 16.8 Å². The second-order valence-electron chi connectivity index (χ2n) is 11.0. The van der Waals surface area contributed by atoms with Gasteiger partial charge < -0.3 is 42.7 Å². The van der Waals surface area contributed by atoms with Gasteiger partial charge in [0, 0.05) is 39.7 Å². The summed E-state index contributed by atoms with van der Waals surface area (Å²) in [5.41, 5.74) is 18.4. The molecule has 2 rings (SSSR count). The first-order chi connectivity index (χ1) is 22.8. The van der Waals surface area contributed by atoms with Crippen LogP contribution in [-0.2, 0) is 36.8 Å². The Hall–Kier alpha value is -5.68. The Bertz CT molecular complexity index is 1470. The van der Waals surface area contributed by atoms with E-state index in [0.717, 1.165) is 5.56 Å². The second-order valence-corrected chi connectivity index (χ2v) is 11.0. The van der Waals surface area contributed by atoms with E-state index in [1.54, 1.807) is 38.4 Å². The van der Waals surface area contributed by atoms with Gasteiger partial charge in [0.1, 0.15) is 23.8 Å². The number of amidine groups is 1. The molecule has 0 spiro atoms. The first-order valence-corrected chi connectivity index (χ1v) is 14.7. The Kier molecular flexibility index (Phi) is 16.2. The minimum atomic E-state index is -5.08. The third kappa shape index (κ3) is 14.3. The standard InChI is InChI=1S/C29H41N9O4.C2HF3O2/c1-37(2)27(41)21(16-19-11-13-20(14-12-19)24(30)31)28(42)38(3)23(17-18-8-5-4-6-9-18)26(40)36-22(25(32)39)10-7-15-35-29(33)34;3-2(4,5)1(6)7/h4-6,8-9,11-14,21-23H,7,10,15-17H2,1-3H3,(H3,30,31)(H2,32,39)(H,36,40)(H4,33,34,35);(H,6,7)/t21?,22-,23?;/m0./s1. The number of halogens is 3. The summed E-state index contributed by atoms with van der Waals surface area (Å²) in [6.45, 7) is 0.308. The van der Waals surface area contributed by atoms with Crippen LogP contribution in [0.25, 0.3) is 0 Å². The summed E-state index contributed by atoms with van der Waals surface area (Å²) in [7, 11) is 4.56. The Morgan fingerprint density at radius 1 is 0.857 bits per heavy atom. The van der Waals surface area contributed by atoms with Gasteiger partial charge in [0.25, 0.3) is 0 Å². The zero-order valence-corrected chi connectivity index (χ0v) is 27.2. The summed E-state index contributed by atoms with van der Waals surface area (Å²) in [4.78, 5) is 64.4. The van der Waals surface area contributed by atoms with Gasteiger partial charge >= 0.3 is 12.1 Å². The van der Waals surface area contributed by atoms with Crippen LogP contribution in [0.3, 0.4) is 0 Å². The lowest BCUT2D eigenvalue weighted by atomic mass is 9.94. The first-order valence-electron chi connectivity index (χ1n) is 14.7. The van der Waals surface area contributed by atoms with Crippen LogP contribution in [0.5, 0.6) is 0 Å². The molecule has 0 saturated carbocycles. The number of nitrogens with two attached hydrogens (primary N) is 3. The number of aliphatic carboxylic acids is 1. The number of guanidine groups is 1. The number of carboxylic acid groups (broad SMARTS) is 1. The minimum Gasteiger partial charge on any atom is -0.475 e. The molecule has 0 saturated heterocycles. The van der Waals surface area contributed by atoms with Gasteiger partial charge in [0.2, 0.25) is 23.6 Å². The molecule has 18 heteroatoms. The van der Waals surface area contributed by atoms with Gasteiger partial charge in [-0.05, 0) is 30.4 Å². The average Bonchev–Trinajstić information content (AvgIpc) is 3.03. The highest BCUT2D eigenvalue weighted by molar-refractivity contribution is 6.02. The van der Waals surface area contributed by atoms with Gasteiger partial charge in [-0.3, -0.25) is 30.0 Å². The summed E-state index contributed by atoms with van der Waals surface area (Å²) in [6, 6.07) is 13.7. The van der Waals surface area contributed by atoms with Crippen molar-refractivity contribution >= 4 is 41.4 Å². The maximum Gasteiger partial charge on any atom is 0.490 e. The van der Waals surface area contributed by atoms with E-state index in [4.69, 9.17) is 37.9 Å². The topological polar surface area (TPSA) is 262 Å². The predicted octanol–water partition coefficient (Wildman–Crippen LogP) is 0.154. The Morgan fingerprint density at radius 2 is 1.39 bits per heavy atom. The number of primary amides is 1. The van der Waals surface area contributed by atoms with E-state index in [1.807, 2.05) is 30.3 Å². The fourth-order valence-electron chi connectivity index (χ4n) is 4.37. The quantitative estimate of drug-likeness (QED) is 0.0546. The van der Waals surface area contributed by atoms with Crippen LogP contribution in [0.1, 0.15) is 29.5 Å². The van der Waals surface area contributed by atoms with Crippen molar-refractivity contribution in [1.29, 1.82) is 10.8 Å². The van der Waals surface area contributed by atoms with Gasteiger partial charge in [-0.1, -0.05) is 54.6 Å². The Labute approximate surface area is 281 Å². The predicted molar refractivity (Wildman–Crippen MR) is 174 cm³/mol. The highest BCUT2D eigenvalue weighted by Crippen LogP contribution is 2.19. The summed E-state index contributed by atoms with van der Waals surface area (Å²) in [5, 5.41) is 27.3. The number of nitrogens with zero attached hydrogens (tertiary/aromatic N) is 2. The van der Waals surface area contributed by atoms with Gasteiger partial charge in [0.15, 0.2) is 5.96 Å². The van der Waals surface area contributed by atoms with Crippen LogP contribution >= 0.6 is 0 Å². The number of carboxylic acids is 1. The lowest BCUT2D eigenvalue weighted by Crippen LogP contribution is -2.56. The highest BCUT2D eigenvalue weighted by atomic mass is 19.4. The van der Waals surface area contributed by atoms with E-state index in [-0.39, 0.29) is 31.1 Å². The van der Waals surface area contributed by atoms with Crippen LogP contribution in [-0.4, -0.2) is 102 Å². The summed E-state index contributed by atoms with van der Waals surface area (Å²) >= 11 is 0. The number of nitrogens with one attached hydrogen (secondary N) is 4. The van der Waals surface area contributed by atoms with Crippen molar-refractivity contribution in [2.75, 3.05) is 27.7 Å². The minimum absolute atomic E-state index is 0.0606. The monoisotopic (exact) mass is 693 g/mol. The summed E-state index contributed by atoms with van der Waals surface area (Å²) in [5.74, 6) is -6.55. The fourth-order valence-corrected chi connectivity index (χ4v) is 4.37. The third-order valence-electron chi connectivity index (χ3n) is 7.02. The number of nitrogen functional groups attached to an aromatic ring is 1. The molecular weight excluding hydrogens is 651 g/mol. The molecule has 2 aromatic carbocycles. The molecule has 3 atom stereocenters. The molecule has 0 fully saturated rings. The van der Waals surface area contributed by atoms with Crippen molar-refractivity contribution in [3.63, 3.8) is 0 Å². The zero-order chi connectivity index (χ0) is 37.5. The lowest BCUT2D eigenvalue weighted by Gasteiger charge is -2.32. The van der Waals surface area contributed by atoms with Crippen LogP contribution in [0.2, 0.25) is 0 Å². The number of amides is 4. The molecule has 2 aromatic rings. The van der Waals surface area contributed by atoms with Crippen LogP contribution in [0.4, 0.5) is 13.2 Å².